The topological polar surface area (TPSA) is 106 Å². The molecular weight excluding hydrogens is 942 g/mol. The van der Waals surface area contributed by atoms with Crippen LogP contribution in [0.1, 0.15) is 142 Å². The number of aliphatic hydroxyl groups is 2. The molecule has 0 heterocycles. The first-order valence-electron chi connectivity index (χ1n) is 18.9. The van der Waals surface area contributed by atoms with Gasteiger partial charge in [0.15, 0.2) is 0 Å². The molecule has 4 unspecified atom stereocenters. The number of phenols is 2. The Morgan fingerprint density at radius 3 is 0.935 bits per heavy atom. The van der Waals surface area contributed by atoms with Gasteiger partial charge in [-0.15, -0.1) is 0 Å². The van der Waals surface area contributed by atoms with Gasteiger partial charge in [0.05, 0.1) is 12.1 Å². The molecule has 3 rings (SSSR count). The summed E-state index contributed by atoms with van der Waals surface area (Å²) in [5, 5.41) is 37.2. The molecule has 4 N–H and O–H groups in total. The van der Waals surface area contributed by atoms with Crippen molar-refractivity contribution >= 4 is 12.4 Å². The molecule has 0 aromatic heterocycles. The summed E-state index contributed by atoms with van der Waals surface area (Å²) in [6, 6.07) is 8.53. The van der Waals surface area contributed by atoms with Gasteiger partial charge in [-0.3, -0.25) is 9.98 Å². The number of phenolic OH excluding ortho intramolecular Hbond substituents is 2. The van der Waals surface area contributed by atoms with Gasteiger partial charge in [0.2, 0.25) is 0 Å². The van der Waals surface area contributed by atoms with Crippen molar-refractivity contribution in [3.63, 3.8) is 0 Å². The van der Waals surface area contributed by atoms with Crippen LogP contribution in [0.2, 0.25) is 0 Å². The van der Waals surface area contributed by atoms with E-state index in [0.29, 0.717) is 11.5 Å². The Morgan fingerprint density at radius 1 is 0.500 bits per heavy atom. The number of hydrogen-bond donors (Lipinski definition) is 4. The Labute approximate surface area is 376 Å². The molecule has 62 heavy (non-hydrogen) atoms. The van der Waals surface area contributed by atoms with Crippen LogP contribution in [0.25, 0.3) is 0 Å². The van der Waals surface area contributed by atoms with E-state index < -0.39 is 36.9 Å². The predicted octanol–water partition coefficient (Wildman–Crippen LogP) is 12.1. The molecule has 1 fully saturated rings. The van der Waals surface area contributed by atoms with Crippen molar-refractivity contribution in [3.05, 3.63) is 57.6 Å². The molecule has 1 aliphatic carbocycles. The summed E-state index contributed by atoms with van der Waals surface area (Å²) < 4.78 is 133. The minimum absolute atomic E-state index is 0. The van der Waals surface area contributed by atoms with Crippen LogP contribution < -0.4 is 0 Å². The summed E-state index contributed by atoms with van der Waals surface area (Å²) >= 11 is 0. The van der Waals surface area contributed by atoms with E-state index in [2.05, 4.69) is 107 Å². The normalized spacial score (nSPS) is 18.8. The van der Waals surface area contributed by atoms with E-state index in [0.717, 1.165) is 47.9 Å². The number of rotatable bonds is 6. The van der Waals surface area contributed by atoms with E-state index in [4.69, 9.17) is 20.2 Å². The maximum Gasteiger partial charge on any atom is 3.00 e. The van der Waals surface area contributed by atoms with Gasteiger partial charge >= 0.3 is 70.5 Å². The van der Waals surface area contributed by atoms with Crippen molar-refractivity contribution in [2.45, 2.75) is 179 Å². The fourth-order valence-corrected chi connectivity index (χ4v) is 5.56. The second kappa shape index (κ2) is 22.1. The Kier molecular flexibility index (Phi) is 21.9. The van der Waals surface area contributed by atoms with Gasteiger partial charge in [0.1, 0.15) is 11.5 Å². The van der Waals surface area contributed by atoms with E-state index in [9.17, 15) is 62.9 Å². The van der Waals surface area contributed by atoms with Crippen molar-refractivity contribution in [2.75, 3.05) is 0 Å². The summed E-state index contributed by atoms with van der Waals surface area (Å²) in [4.78, 5) is 10.1. The van der Waals surface area contributed by atoms with E-state index >= 15 is 0 Å². The summed E-state index contributed by atoms with van der Waals surface area (Å²) in [7, 11) is 0. The number of alkyl halides is 12. The van der Waals surface area contributed by atoms with Gasteiger partial charge in [-0.1, -0.05) is 108 Å². The van der Waals surface area contributed by atoms with Crippen molar-refractivity contribution < 1.29 is 107 Å². The van der Waals surface area contributed by atoms with Gasteiger partial charge in [-0.2, -0.15) is 35.1 Å². The average molecular weight is 1000 g/mol. The first-order valence-corrected chi connectivity index (χ1v) is 18.9. The zero-order valence-corrected chi connectivity index (χ0v) is 38.6. The SMILES string of the molecule is CC(C)(C)c1cc(C=NC2CCCCC2N=Cc2cc(C(C)(C)C)cc(C(C)(C)C)c2O)c(O)c(C(C)(C)C)c1.OC(F)(C(F)F)C(F)(F)F.OC(F)(C(F)F)C(F)(F)F.[Co+3].[Co+3]. The number of aromatic hydroxyl groups is 2. The first-order chi connectivity index (χ1) is 26.6. The van der Waals surface area contributed by atoms with Crippen LogP contribution in [0.5, 0.6) is 11.5 Å². The molecule has 0 spiro atoms. The average Bonchev–Trinajstić information content (AvgIpc) is 3.05. The van der Waals surface area contributed by atoms with Crippen molar-refractivity contribution in [1.82, 2.24) is 0 Å². The van der Waals surface area contributed by atoms with E-state index in [1.807, 2.05) is 12.4 Å². The van der Waals surface area contributed by atoms with Crippen LogP contribution >= 0.6 is 0 Å². The van der Waals surface area contributed by atoms with Crippen LogP contribution in [0.4, 0.5) is 52.7 Å². The minimum atomic E-state index is -5.94. The number of halogens is 12. The molecule has 1 saturated carbocycles. The monoisotopic (exact) mass is 1000 g/mol. The maximum atomic E-state index is 11.4. The second-order valence-corrected chi connectivity index (χ2v) is 18.8. The molecule has 0 saturated heterocycles. The van der Waals surface area contributed by atoms with Crippen molar-refractivity contribution in [1.29, 1.82) is 0 Å². The molecule has 356 valence electrons. The minimum Gasteiger partial charge on any atom is -0.507 e. The Bertz CT molecular complexity index is 1660. The van der Waals surface area contributed by atoms with Gasteiger partial charge in [0.25, 0.3) is 0 Å². The largest absolute Gasteiger partial charge is 3.00 e. The van der Waals surface area contributed by atoms with E-state index in [1.54, 1.807) is 0 Å². The zero-order valence-electron chi connectivity index (χ0n) is 36.5. The standard InChI is InChI=1S/C36H54N2O2.2C3H2F6O.2Co/c1-33(2,3)25-17-23(31(39)27(19-25)35(7,8)9)21-37-29-15-13-14-16-30(29)38-22-24-18-26(34(4,5)6)20-28(32(24)40)36(10,11)12;2*4-1(5)2(6,10)3(7,8)9;;/h17-22,29-30,39-40H,13-16H2,1-12H3;2*1,10H;;/q;;;2*+3. The molecule has 0 aliphatic heterocycles. The fraction of sp³-hybridized carbons (Fsp3) is 0.667. The zero-order chi connectivity index (χ0) is 47.4. The smallest absolute Gasteiger partial charge is 0.507 e. The Morgan fingerprint density at radius 2 is 0.758 bits per heavy atom. The quantitative estimate of drug-likeness (QED) is 0.171. The number of hydrogen-bond acceptors (Lipinski definition) is 6. The number of nitrogens with zero attached hydrogens (tertiary/aromatic N) is 2. The van der Waals surface area contributed by atoms with E-state index in [1.165, 1.54) is 11.1 Å². The molecular formula is C42H58Co2F12N2O4+6. The Balaban J connectivity index is 0. The van der Waals surface area contributed by atoms with Gasteiger partial charge in [-0.05, 0) is 57.8 Å². The van der Waals surface area contributed by atoms with Crippen LogP contribution in [-0.4, -0.2) is 81.9 Å². The molecule has 1 aliphatic rings. The van der Waals surface area contributed by atoms with E-state index in [-0.39, 0.29) is 67.3 Å². The summed E-state index contributed by atoms with van der Waals surface area (Å²) in [6.07, 6.45) is -12.9. The molecule has 0 radical (unpaired) electrons. The number of benzene rings is 2. The van der Waals surface area contributed by atoms with Crippen molar-refractivity contribution in [3.8, 4) is 11.5 Å². The van der Waals surface area contributed by atoms with Crippen LogP contribution in [0, 0.1) is 0 Å². The fourth-order valence-electron chi connectivity index (χ4n) is 5.56. The van der Waals surface area contributed by atoms with Crippen molar-refractivity contribution in [2.24, 2.45) is 9.98 Å². The van der Waals surface area contributed by atoms with Gasteiger partial charge in [-0.25, -0.2) is 17.6 Å². The first kappa shape index (κ1) is 61.6. The van der Waals surface area contributed by atoms with Crippen LogP contribution in [-0.2, 0) is 55.2 Å². The third-order valence-electron chi connectivity index (χ3n) is 9.50. The molecule has 6 nitrogen and oxygen atoms in total. The summed E-state index contributed by atoms with van der Waals surface area (Å²) in [5.74, 6) is -10.2. The molecule has 0 amide bonds. The molecule has 20 heteroatoms. The van der Waals surface area contributed by atoms with Gasteiger partial charge in [0, 0.05) is 34.7 Å². The maximum absolute atomic E-state index is 11.4. The molecule has 0 bridgehead atoms. The molecule has 2 aromatic rings. The van der Waals surface area contributed by atoms with Crippen LogP contribution in [0.15, 0.2) is 34.3 Å². The number of aliphatic imine (C=N–C) groups is 2. The van der Waals surface area contributed by atoms with Crippen LogP contribution in [0.3, 0.4) is 0 Å². The third-order valence-corrected chi connectivity index (χ3v) is 9.50. The molecule has 4 atom stereocenters. The predicted molar refractivity (Wildman–Crippen MR) is 208 cm³/mol. The summed E-state index contributed by atoms with van der Waals surface area (Å²) in [5.41, 5.74) is 5.39. The molecule has 2 aromatic carbocycles. The second-order valence-electron chi connectivity index (χ2n) is 18.8. The summed E-state index contributed by atoms with van der Waals surface area (Å²) in [6.45, 7) is 26.0. The van der Waals surface area contributed by atoms with Gasteiger partial charge < -0.3 is 20.4 Å². The third kappa shape index (κ3) is 16.8. The Hall–Kier alpha value is -2.53.